The molecular weight excluding hydrogens is 418 g/mol. The summed E-state index contributed by atoms with van der Waals surface area (Å²) in [6, 6.07) is 12.2. The zero-order chi connectivity index (χ0) is 22.4. The molecule has 0 spiro atoms. The lowest BCUT2D eigenvalue weighted by atomic mass is 10.1. The highest BCUT2D eigenvalue weighted by molar-refractivity contribution is 7.89. The number of benzene rings is 2. The summed E-state index contributed by atoms with van der Waals surface area (Å²) < 4.78 is 37.5. The van der Waals surface area contributed by atoms with Crippen LogP contribution < -0.4 is 4.74 Å². The van der Waals surface area contributed by atoms with E-state index in [0.29, 0.717) is 24.4 Å². The number of hydrogen-bond acceptors (Lipinski definition) is 6. The fraction of sp³-hybridized carbons (Fsp3) is 0.391. The normalized spacial score (nSPS) is 14.9. The van der Waals surface area contributed by atoms with E-state index in [2.05, 4.69) is 0 Å². The highest BCUT2D eigenvalue weighted by Gasteiger charge is 2.26. The molecule has 0 atom stereocenters. The Kier molecular flexibility index (Phi) is 7.46. The molecule has 1 heterocycles. The van der Waals surface area contributed by atoms with E-state index in [1.807, 2.05) is 13.8 Å². The van der Waals surface area contributed by atoms with Crippen molar-refractivity contribution in [1.82, 2.24) is 4.31 Å². The predicted molar refractivity (Wildman–Crippen MR) is 116 cm³/mol. The van der Waals surface area contributed by atoms with Gasteiger partial charge in [-0.05, 0) is 75.2 Å². The van der Waals surface area contributed by atoms with Gasteiger partial charge in [-0.1, -0.05) is 6.42 Å². The van der Waals surface area contributed by atoms with Gasteiger partial charge in [0.2, 0.25) is 10.0 Å². The van der Waals surface area contributed by atoms with E-state index in [0.717, 1.165) is 19.3 Å². The minimum absolute atomic E-state index is 0.0247. The maximum Gasteiger partial charge on any atom is 0.338 e. The van der Waals surface area contributed by atoms with Crippen molar-refractivity contribution in [3.8, 4) is 5.75 Å². The van der Waals surface area contributed by atoms with Crippen LogP contribution >= 0.6 is 0 Å². The van der Waals surface area contributed by atoms with Crippen molar-refractivity contribution in [1.29, 1.82) is 0 Å². The Bertz CT molecular complexity index is 1010. The molecule has 31 heavy (non-hydrogen) atoms. The van der Waals surface area contributed by atoms with Gasteiger partial charge in [-0.25, -0.2) is 13.2 Å². The van der Waals surface area contributed by atoms with E-state index in [1.54, 1.807) is 24.3 Å². The van der Waals surface area contributed by atoms with Gasteiger partial charge in [-0.3, -0.25) is 4.79 Å². The Balaban J connectivity index is 1.57. The van der Waals surface area contributed by atoms with Gasteiger partial charge in [0.1, 0.15) is 5.75 Å². The summed E-state index contributed by atoms with van der Waals surface area (Å²) in [7, 11) is -3.55. The number of Topliss-reactive ketones (excluding diaryl/α,β-unsaturated/α-hetero) is 1. The molecule has 1 fully saturated rings. The molecule has 0 unspecified atom stereocenters. The first kappa shape index (κ1) is 23.0. The quantitative estimate of drug-likeness (QED) is 0.455. The molecule has 2 aromatic carbocycles. The Morgan fingerprint density at radius 1 is 0.903 bits per heavy atom. The number of carbonyl (C=O) groups excluding carboxylic acids is 2. The van der Waals surface area contributed by atoms with E-state index < -0.39 is 28.4 Å². The second-order valence-electron chi connectivity index (χ2n) is 7.68. The van der Waals surface area contributed by atoms with Crippen molar-refractivity contribution < 1.29 is 27.5 Å². The van der Waals surface area contributed by atoms with E-state index in [4.69, 9.17) is 9.47 Å². The molecule has 0 aromatic heterocycles. The third kappa shape index (κ3) is 5.92. The molecule has 1 aliphatic heterocycles. The van der Waals surface area contributed by atoms with Crippen LogP contribution in [0.4, 0.5) is 0 Å². The van der Waals surface area contributed by atoms with Gasteiger partial charge in [-0.2, -0.15) is 4.31 Å². The highest BCUT2D eigenvalue weighted by Crippen LogP contribution is 2.21. The minimum Gasteiger partial charge on any atom is -0.491 e. The maximum atomic E-state index is 12.7. The molecule has 0 bridgehead atoms. The second-order valence-corrected chi connectivity index (χ2v) is 9.62. The van der Waals surface area contributed by atoms with Gasteiger partial charge >= 0.3 is 5.97 Å². The lowest BCUT2D eigenvalue weighted by molar-refractivity contribution is 0.0474. The summed E-state index contributed by atoms with van der Waals surface area (Å²) in [6.45, 7) is 4.42. The van der Waals surface area contributed by atoms with Crippen LogP contribution in [0.2, 0.25) is 0 Å². The number of piperidine rings is 1. The Morgan fingerprint density at radius 3 is 2.06 bits per heavy atom. The van der Waals surface area contributed by atoms with Crippen LogP contribution in [0, 0.1) is 0 Å². The zero-order valence-electron chi connectivity index (χ0n) is 17.7. The van der Waals surface area contributed by atoms with E-state index in [-0.39, 0.29) is 16.6 Å². The molecular formula is C23H27NO6S. The highest BCUT2D eigenvalue weighted by atomic mass is 32.2. The average molecular weight is 446 g/mol. The van der Waals surface area contributed by atoms with Crippen molar-refractivity contribution in [3.05, 3.63) is 59.7 Å². The zero-order valence-corrected chi connectivity index (χ0v) is 18.6. The Labute approximate surface area is 183 Å². The number of sulfonamides is 1. The van der Waals surface area contributed by atoms with Crippen LogP contribution in [0.25, 0.3) is 0 Å². The molecule has 0 radical (unpaired) electrons. The molecule has 8 heteroatoms. The van der Waals surface area contributed by atoms with Gasteiger partial charge in [0, 0.05) is 18.7 Å². The molecule has 1 aliphatic rings. The molecule has 0 N–H and O–H groups in total. The number of carbonyl (C=O) groups is 2. The fourth-order valence-corrected chi connectivity index (χ4v) is 4.82. The monoisotopic (exact) mass is 445 g/mol. The summed E-state index contributed by atoms with van der Waals surface area (Å²) in [4.78, 5) is 24.7. The van der Waals surface area contributed by atoms with Crippen molar-refractivity contribution in [2.45, 2.75) is 44.1 Å². The summed E-state index contributed by atoms with van der Waals surface area (Å²) in [5.41, 5.74) is 0.595. The molecule has 1 saturated heterocycles. The molecule has 2 aromatic rings. The molecule has 0 amide bonds. The standard InChI is InChI=1S/C23H27NO6S/c1-17(2)30-20-10-6-19(7-11-20)23(26)29-16-22(25)18-8-12-21(13-9-18)31(27,28)24-14-4-3-5-15-24/h6-13,17H,3-5,14-16H2,1-2H3. The molecule has 0 aliphatic carbocycles. The summed E-state index contributed by atoms with van der Waals surface area (Å²) >= 11 is 0. The van der Waals surface area contributed by atoms with Gasteiger partial charge in [0.15, 0.2) is 12.4 Å². The summed E-state index contributed by atoms with van der Waals surface area (Å²) in [5, 5.41) is 0. The number of hydrogen-bond donors (Lipinski definition) is 0. The van der Waals surface area contributed by atoms with Crippen LogP contribution in [-0.4, -0.2) is 50.3 Å². The first-order valence-corrected chi connectivity index (χ1v) is 11.8. The summed E-state index contributed by atoms with van der Waals surface area (Å²) in [5.74, 6) is -0.383. The van der Waals surface area contributed by atoms with Crippen molar-refractivity contribution in [3.63, 3.8) is 0 Å². The van der Waals surface area contributed by atoms with Gasteiger partial charge < -0.3 is 9.47 Å². The van der Waals surface area contributed by atoms with E-state index >= 15 is 0 Å². The molecule has 7 nitrogen and oxygen atoms in total. The van der Waals surface area contributed by atoms with E-state index in [1.165, 1.54) is 28.6 Å². The number of esters is 1. The van der Waals surface area contributed by atoms with Crippen LogP contribution in [0.15, 0.2) is 53.4 Å². The topological polar surface area (TPSA) is 90.0 Å². The smallest absolute Gasteiger partial charge is 0.338 e. The number of ether oxygens (including phenoxy) is 2. The fourth-order valence-electron chi connectivity index (χ4n) is 3.31. The van der Waals surface area contributed by atoms with Crippen LogP contribution in [0.1, 0.15) is 53.8 Å². The molecule has 166 valence electrons. The Morgan fingerprint density at radius 2 is 1.48 bits per heavy atom. The third-order valence-corrected chi connectivity index (χ3v) is 6.84. The molecule has 3 rings (SSSR count). The number of nitrogens with zero attached hydrogens (tertiary/aromatic N) is 1. The largest absolute Gasteiger partial charge is 0.491 e. The number of rotatable bonds is 8. The molecule has 0 saturated carbocycles. The maximum absolute atomic E-state index is 12.7. The Hall–Kier alpha value is -2.71. The van der Waals surface area contributed by atoms with Crippen LogP contribution in [0.3, 0.4) is 0 Å². The van der Waals surface area contributed by atoms with Gasteiger partial charge in [0.05, 0.1) is 16.6 Å². The van der Waals surface area contributed by atoms with Crippen molar-refractivity contribution in [2.75, 3.05) is 19.7 Å². The second kappa shape index (κ2) is 10.1. The predicted octanol–water partition coefficient (Wildman–Crippen LogP) is 3.69. The van der Waals surface area contributed by atoms with E-state index in [9.17, 15) is 18.0 Å². The average Bonchev–Trinajstić information content (AvgIpc) is 2.78. The van der Waals surface area contributed by atoms with Crippen molar-refractivity contribution >= 4 is 21.8 Å². The lowest BCUT2D eigenvalue weighted by Crippen LogP contribution is -2.35. The van der Waals surface area contributed by atoms with Crippen LogP contribution in [0.5, 0.6) is 5.75 Å². The first-order valence-electron chi connectivity index (χ1n) is 10.3. The minimum atomic E-state index is -3.55. The SMILES string of the molecule is CC(C)Oc1ccc(C(=O)OCC(=O)c2ccc(S(=O)(=O)N3CCCCC3)cc2)cc1. The lowest BCUT2D eigenvalue weighted by Gasteiger charge is -2.25. The van der Waals surface area contributed by atoms with Gasteiger partial charge in [-0.15, -0.1) is 0 Å². The third-order valence-electron chi connectivity index (χ3n) is 4.93. The van der Waals surface area contributed by atoms with Gasteiger partial charge in [0.25, 0.3) is 0 Å². The first-order chi connectivity index (χ1) is 14.8. The van der Waals surface area contributed by atoms with Crippen LogP contribution in [-0.2, 0) is 14.8 Å². The summed E-state index contributed by atoms with van der Waals surface area (Å²) in [6.07, 6.45) is 2.77. The number of ketones is 1. The van der Waals surface area contributed by atoms with Crippen molar-refractivity contribution in [2.24, 2.45) is 0 Å².